The summed E-state index contributed by atoms with van der Waals surface area (Å²) in [5.74, 6) is -0.259. The lowest BCUT2D eigenvalue weighted by Crippen LogP contribution is -2.05. The number of aromatic amines is 1. The van der Waals surface area contributed by atoms with Gasteiger partial charge in [0.2, 0.25) is 0 Å². The van der Waals surface area contributed by atoms with Gasteiger partial charge in [-0.25, -0.2) is 4.79 Å². The van der Waals surface area contributed by atoms with Gasteiger partial charge in [0, 0.05) is 16.2 Å². The van der Waals surface area contributed by atoms with Crippen LogP contribution in [-0.4, -0.2) is 27.9 Å². The number of benzene rings is 2. The molecule has 0 aliphatic rings. The van der Waals surface area contributed by atoms with Crippen LogP contribution in [0.25, 0.3) is 21.7 Å². The van der Waals surface area contributed by atoms with Gasteiger partial charge in [0.1, 0.15) is 11.3 Å². The standard InChI is InChI=1S/C14H11BrN2O3/c1-2-20-14(19)13-9-4-3-7-8(12(9)16-17-13)5-6-10(18)11(7)15/h3-6,18H,2H2,1H3,(H,16,17). The van der Waals surface area contributed by atoms with E-state index in [0.717, 1.165) is 10.8 Å². The molecule has 20 heavy (non-hydrogen) atoms. The van der Waals surface area contributed by atoms with Crippen LogP contribution in [0.15, 0.2) is 28.7 Å². The number of aromatic nitrogens is 2. The first-order valence-corrected chi connectivity index (χ1v) is 6.88. The number of phenols is 1. The van der Waals surface area contributed by atoms with Gasteiger partial charge in [0.25, 0.3) is 0 Å². The van der Waals surface area contributed by atoms with Crippen LogP contribution in [0.1, 0.15) is 17.4 Å². The van der Waals surface area contributed by atoms with Crippen LogP contribution in [0.5, 0.6) is 5.75 Å². The fourth-order valence-corrected chi connectivity index (χ4v) is 2.67. The van der Waals surface area contributed by atoms with Gasteiger partial charge in [-0.15, -0.1) is 0 Å². The number of rotatable bonds is 2. The third-order valence-corrected chi connectivity index (χ3v) is 3.95. The van der Waals surface area contributed by atoms with E-state index in [-0.39, 0.29) is 5.75 Å². The maximum Gasteiger partial charge on any atom is 0.356 e. The molecule has 0 saturated carbocycles. The minimum absolute atomic E-state index is 0.165. The predicted molar refractivity (Wildman–Crippen MR) is 78.9 cm³/mol. The van der Waals surface area contributed by atoms with Crippen molar-refractivity contribution in [3.63, 3.8) is 0 Å². The first-order chi connectivity index (χ1) is 9.63. The van der Waals surface area contributed by atoms with Gasteiger partial charge >= 0.3 is 5.97 Å². The van der Waals surface area contributed by atoms with Crippen molar-refractivity contribution in [2.24, 2.45) is 0 Å². The van der Waals surface area contributed by atoms with E-state index in [9.17, 15) is 9.90 Å². The largest absolute Gasteiger partial charge is 0.507 e. The molecule has 3 rings (SSSR count). The third-order valence-electron chi connectivity index (χ3n) is 3.11. The van der Waals surface area contributed by atoms with Crippen LogP contribution < -0.4 is 0 Å². The first-order valence-electron chi connectivity index (χ1n) is 6.09. The molecule has 0 spiro atoms. The minimum Gasteiger partial charge on any atom is -0.507 e. The number of fused-ring (bicyclic) bond motifs is 3. The number of aromatic hydroxyl groups is 1. The fourth-order valence-electron chi connectivity index (χ4n) is 2.19. The predicted octanol–water partition coefficient (Wildman–Crippen LogP) is 3.36. The summed E-state index contributed by atoms with van der Waals surface area (Å²) in [6.07, 6.45) is 0. The van der Waals surface area contributed by atoms with E-state index in [1.54, 1.807) is 25.1 Å². The van der Waals surface area contributed by atoms with E-state index in [2.05, 4.69) is 26.1 Å². The van der Waals surface area contributed by atoms with Gasteiger partial charge in [-0.3, -0.25) is 5.10 Å². The zero-order chi connectivity index (χ0) is 14.3. The second-order valence-electron chi connectivity index (χ2n) is 4.27. The summed E-state index contributed by atoms with van der Waals surface area (Å²) in [4.78, 5) is 11.8. The van der Waals surface area contributed by atoms with Crippen LogP contribution in [-0.2, 0) is 4.74 Å². The van der Waals surface area contributed by atoms with Gasteiger partial charge in [0.15, 0.2) is 5.69 Å². The zero-order valence-corrected chi connectivity index (χ0v) is 12.2. The van der Waals surface area contributed by atoms with Crippen molar-refractivity contribution in [2.45, 2.75) is 6.92 Å². The van der Waals surface area contributed by atoms with E-state index in [4.69, 9.17) is 4.74 Å². The lowest BCUT2D eigenvalue weighted by atomic mass is 10.1. The van der Waals surface area contributed by atoms with Crippen molar-refractivity contribution in [1.82, 2.24) is 10.2 Å². The van der Waals surface area contributed by atoms with E-state index in [1.807, 2.05) is 6.07 Å². The monoisotopic (exact) mass is 334 g/mol. The summed E-state index contributed by atoms with van der Waals surface area (Å²) in [5, 5.41) is 19.0. The molecule has 0 aliphatic carbocycles. The molecule has 0 unspecified atom stereocenters. The van der Waals surface area contributed by atoms with Gasteiger partial charge in [-0.05, 0) is 41.1 Å². The third kappa shape index (κ3) is 1.84. The van der Waals surface area contributed by atoms with Gasteiger partial charge in [-0.1, -0.05) is 6.07 Å². The van der Waals surface area contributed by atoms with Crippen LogP contribution in [0.4, 0.5) is 0 Å². The average molecular weight is 335 g/mol. The van der Waals surface area contributed by atoms with Gasteiger partial charge in [-0.2, -0.15) is 5.10 Å². The molecule has 0 atom stereocenters. The highest BCUT2D eigenvalue weighted by molar-refractivity contribution is 9.10. The minimum atomic E-state index is -0.424. The Hall–Kier alpha value is -2.08. The molecule has 3 aromatic rings. The molecule has 0 saturated heterocycles. The second kappa shape index (κ2) is 4.79. The highest BCUT2D eigenvalue weighted by atomic mass is 79.9. The Morgan fingerprint density at radius 2 is 2.00 bits per heavy atom. The molecule has 2 N–H and O–H groups in total. The molecule has 102 valence electrons. The summed E-state index contributed by atoms with van der Waals surface area (Å²) >= 11 is 3.35. The number of hydrogen-bond donors (Lipinski definition) is 2. The lowest BCUT2D eigenvalue weighted by Gasteiger charge is -2.04. The summed E-state index contributed by atoms with van der Waals surface area (Å²) < 4.78 is 5.60. The molecule has 0 radical (unpaired) electrons. The van der Waals surface area contributed by atoms with Crippen LogP contribution in [0.3, 0.4) is 0 Å². The number of carbonyl (C=O) groups excluding carboxylic acids is 1. The number of hydrogen-bond acceptors (Lipinski definition) is 4. The average Bonchev–Trinajstić information content (AvgIpc) is 2.87. The summed E-state index contributed by atoms with van der Waals surface area (Å²) in [5.41, 5.74) is 1.01. The molecule has 5 nitrogen and oxygen atoms in total. The number of H-pyrrole nitrogens is 1. The van der Waals surface area contributed by atoms with E-state index < -0.39 is 5.97 Å². The SMILES string of the molecule is CCOC(=O)c1[nH]nc2c1ccc1c(Br)c(O)ccc12. The quantitative estimate of drug-likeness (QED) is 0.704. The molecular formula is C14H11BrN2O3. The van der Waals surface area contributed by atoms with Crippen molar-refractivity contribution < 1.29 is 14.6 Å². The smallest absolute Gasteiger partial charge is 0.356 e. The van der Waals surface area contributed by atoms with Crippen molar-refractivity contribution in [3.05, 3.63) is 34.4 Å². The first kappa shape index (κ1) is 12.9. The number of nitrogens with zero attached hydrogens (tertiary/aromatic N) is 1. The topological polar surface area (TPSA) is 75.2 Å². The van der Waals surface area contributed by atoms with Crippen LogP contribution in [0.2, 0.25) is 0 Å². The molecule has 0 fully saturated rings. The summed E-state index contributed by atoms with van der Waals surface area (Å²) in [6, 6.07) is 6.98. The Kier molecular flexibility index (Phi) is 3.10. The Morgan fingerprint density at radius 1 is 1.30 bits per heavy atom. The van der Waals surface area contributed by atoms with Crippen LogP contribution >= 0.6 is 15.9 Å². The van der Waals surface area contributed by atoms with Crippen molar-refractivity contribution in [3.8, 4) is 5.75 Å². The van der Waals surface area contributed by atoms with Crippen molar-refractivity contribution >= 4 is 43.6 Å². The highest BCUT2D eigenvalue weighted by Crippen LogP contribution is 2.35. The maximum absolute atomic E-state index is 11.8. The molecule has 2 aromatic carbocycles. The number of esters is 1. The number of halogens is 1. The Bertz CT molecular complexity index is 826. The van der Waals surface area contributed by atoms with E-state index >= 15 is 0 Å². The van der Waals surface area contributed by atoms with Crippen LogP contribution in [0, 0.1) is 0 Å². The number of ether oxygens (including phenoxy) is 1. The molecule has 1 heterocycles. The Labute approximate surface area is 122 Å². The molecule has 0 amide bonds. The molecule has 1 aromatic heterocycles. The van der Waals surface area contributed by atoms with E-state index in [1.165, 1.54) is 0 Å². The second-order valence-corrected chi connectivity index (χ2v) is 5.07. The Balaban J connectivity index is 2.29. The fraction of sp³-hybridized carbons (Fsp3) is 0.143. The summed E-state index contributed by atoms with van der Waals surface area (Å²) in [6.45, 7) is 2.07. The lowest BCUT2D eigenvalue weighted by molar-refractivity contribution is 0.0521. The normalized spacial score (nSPS) is 11.1. The number of carbonyl (C=O) groups is 1. The van der Waals surface area contributed by atoms with Crippen molar-refractivity contribution in [2.75, 3.05) is 6.61 Å². The summed E-state index contributed by atoms with van der Waals surface area (Å²) in [7, 11) is 0. The molecule has 0 aliphatic heterocycles. The van der Waals surface area contributed by atoms with E-state index in [0.29, 0.717) is 27.7 Å². The zero-order valence-electron chi connectivity index (χ0n) is 10.6. The molecular weight excluding hydrogens is 324 g/mol. The molecule has 0 bridgehead atoms. The number of phenolic OH excluding ortho intramolecular Hbond substituents is 1. The van der Waals surface area contributed by atoms with Gasteiger partial charge in [0.05, 0.1) is 11.1 Å². The van der Waals surface area contributed by atoms with Crippen molar-refractivity contribution in [1.29, 1.82) is 0 Å². The maximum atomic E-state index is 11.8. The number of nitrogens with one attached hydrogen (secondary N) is 1. The highest BCUT2D eigenvalue weighted by Gasteiger charge is 2.17. The molecule has 6 heteroatoms. The Morgan fingerprint density at radius 3 is 2.75 bits per heavy atom. The van der Waals surface area contributed by atoms with Gasteiger partial charge < -0.3 is 9.84 Å².